The van der Waals surface area contributed by atoms with E-state index in [1.54, 1.807) is 0 Å². The molecule has 25 heavy (non-hydrogen) atoms. The average molecular weight is 339 g/mol. The van der Waals surface area contributed by atoms with Crippen molar-refractivity contribution in [2.75, 3.05) is 39.3 Å². The Labute approximate surface area is 151 Å². The van der Waals surface area contributed by atoms with Crippen LogP contribution in [0.1, 0.15) is 16.7 Å². The summed E-state index contributed by atoms with van der Waals surface area (Å²) in [4.78, 5) is 2.51. The van der Waals surface area contributed by atoms with Crippen LogP contribution in [-0.2, 0) is 13.2 Å². The third-order valence-electron chi connectivity index (χ3n) is 4.72. The molecule has 134 valence electrons. The summed E-state index contributed by atoms with van der Waals surface area (Å²) in [6.45, 7) is 10.4. The van der Waals surface area contributed by atoms with Gasteiger partial charge in [0.2, 0.25) is 0 Å². The highest BCUT2D eigenvalue weighted by molar-refractivity contribution is 5.29. The molecule has 0 saturated carbocycles. The van der Waals surface area contributed by atoms with Crippen LogP contribution >= 0.6 is 0 Å². The molecular formula is C21H29N3O. The fourth-order valence-electron chi connectivity index (χ4n) is 3.04. The molecule has 0 amide bonds. The molecule has 0 unspecified atom stereocenters. The van der Waals surface area contributed by atoms with E-state index in [1.807, 2.05) is 0 Å². The minimum Gasteiger partial charge on any atom is -0.489 e. The Morgan fingerprint density at radius 2 is 1.80 bits per heavy atom. The third-order valence-corrected chi connectivity index (χ3v) is 4.72. The van der Waals surface area contributed by atoms with Gasteiger partial charge in [0.1, 0.15) is 12.4 Å². The van der Waals surface area contributed by atoms with Crippen LogP contribution in [0.3, 0.4) is 0 Å². The van der Waals surface area contributed by atoms with Gasteiger partial charge in [0.05, 0.1) is 0 Å². The summed E-state index contributed by atoms with van der Waals surface area (Å²) in [6.07, 6.45) is 0. The second-order valence-corrected chi connectivity index (χ2v) is 6.63. The predicted octanol–water partition coefficient (Wildman–Crippen LogP) is 2.57. The lowest BCUT2D eigenvalue weighted by Gasteiger charge is -2.27. The number of ether oxygens (including phenoxy) is 1. The van der Waals surface area contributed by atoms with Gasteiger partial charge in [-0.2, -0.15) is 0 Å². The molecule has 1 saturated heterocycles. The van der Waals surface area contributed by atoms with Gasteiger partial charge in [-0.25, -0.2) is 0 Å². The monoisotopic (exact) mass is 339 g/mol. The summed E-state index contributed by atoms with van der Waals surface area (Å²) in [5.74, 6) is 0.924. The SMILES string of the molecule is Cc1ccccc1COc1ccc(CNCCN2CCNCC2)cc1. The van der Waals surface area contributed by atoms with Crippen LogP contribution in [0.15, 0.2) is 48.5 Å². The van der Waals surface area contributed by atoms with Gasteiger partial charge in [0, 0.05) is 45.8 Å². The van der Waals surface area contributed by atoms with Crippen molar-refractivity contribution >= 4 is 0 Å². The zero-order valence-electron chi connectivity index (χ0n) is 15.1. The van der Waals surface area contributed by atoms with Crippen LogP contribution in [0.4, 0.5) is 0 Å². The Hall–Kier alpha value is -1.88. The minimum absolute atomic E-state index is 0.620. The van der Waals surface area contributed by atoms with E-state index >= 15 is 0 Å². The van der Waals surface area contributed by atoms with Crippen molar-refractivity contribution in [1.82, 2.24) is 15.5 Å². The van der Waals surface area contributed by atoms with Gasteiger partial charge in [0.15, 0.2) is 0 Å². The van der Waals surface area contributed by atoms with Crippen LogP contribution in [0, 0.1) is 6.92 Å². The third kappa shape index (κ3) is 5.85. The second kappa shape index (κ2) is 9.56. The first-order valence-electron chi connectivity index (χ1n) is 9.21. The molecule has 1 heterocycles. The van der Waals surface area contributed by atoms with Crippen molar-refractivity contribution in [1.29, 1.82) is 0 Å². The van der Waals surface area contributed by atoms with Crippen LogP contribution < -0.4 is 15.4 Å². The van der Waals surface area contributed by atoms with E-state index in [1.165, 1.54) is 16.7 Å². The van der Waals surface area contributed by atoms with Gasteiger partial charge in [-0.15, -0.1) is 0 Å². The number of hydrogen-bond donors (Lipinski definition) is 2. The van der Waals surface area contributed by atoms with Gasteiger partial charge in [-0.3, -0.25) is 4.90 Å². The number of hydrogen-bond acceptors (Lipinski definition) is 4. The van der Waals surface area contributed by atoms with Crippen molar-refractivity contribution in [2.45, 2.75) is 20.1 Å². The molecule has 0 aliphatic carbocycles. The zero-order chi connectivity index (χ0) is 17.3. The number of nitrogens with zero attached hydrogens (tertiary/aromatic N) is 1. The first-order chi connectivity index (χ1) is 12.3. The molecular weight excluding hydrogens is 310 g/mol. The number of rotatable bonds is 8. The predicted molar refractivity (Wildman–Crippen MR) is 103 cm³/mol. The van der Waals surface area contributed by atoms with Gasteiger partial charge < -0.3 is 15.4 Å². The standard InChI is InChI=1S/C21H29N3O/c1-18-4-2-3-5-20(18)17-25-21-8-6-19(7-9-21)16-23-12-15-24-13-10-22-11-14-24/h2-9,22-23H,10-17H2,1H3. The molecule has 2 aromatic carbocycles. The zero-order valence-corrected chi connectivity index (χ0v) is 15.1. The molecule has 1 fully saturated rings. The van der Waals surface area contributed by atoms with Crippen molar-refractivity contribution in [3.8, 4) is 5.75 Å². The van der Waals surface area contributed by atoms with Gasteiger partial charge in [0.25, 0.3) is 0 Å². The number of aryl methyl sites for hydroxylation is 1. The maximum absolute atomic E-state index is 5.90. The Balaban J connectivity index is 1.37. The number of piperazine rings is 1. The summed E-state index contributed by atoms with van der Waals surface area (Å²) in [7, 11) is 0. The largest absolute Gasteiger partial charge is 0.489 e. The average Bonchev–Trinajstić information content (AvgIpc) is 2.66. The molecule has 0 atom stereocenters. The quantitative estimate of drug-likeness (QED) is 0.725. The lowest BCUT2D eigenvalue weighted by molar-refractivity contribution is 0.241. The maximum atomic E-state index is 5.90. The summed E-state index contributed by atoms with van der Waals surface area (Å²) in [6, 6.07) is 16.8. The van der Waals surface area contributed by atoms with E-state index in [-0.39, 0.29) is 0 Å². The molecule has 1 aliphatic rings. The molecule has 4 heteroatoms. The number of benzene rings is 2. The van der Waals surface area contributed by atoms with Crippen LogP contribution in [0.2, 0.25) is 0 Å². The summed E-state index contributed by atoms with van der Waals surface area (Å²) in [5, 5.41) is 6.92. The first kappa shape index (κ1) is 17.9. The molecule has 0 spiro atoms. The molecule has 2 aromatic rings. The Kier molecular flexibility index (Phi) is 6.86. The molecule has 4 nitrogen and oxygen atoms in total. The highest BCUT2D eigenvalue weighted by Gasteiger charge is 2.08. The van der Waals surface area contributed by atoms with Gasteiger partial charge >= 0.3 is 0 Å². The van der Waals surface area contributed by atoms with Crippen molar-refractivity contribution in [3.05, 3.63) is 65.2 Å². The van der Waals surface area contributed by atoms with E-state index in [4.69, 9.17) is 4.74 Å². The summed E-state index contributed by atoms with van der Waals surface area (Å²) in [5.41, 5.74) is 3.80. The fraction of sp³-hybridized carbons (Fsp3) is 0.429. The Morgan fingerprint density at radius 1 is 1.04 bits per heavy atom. The van der Waals surface area contributed by atoms with E-state index < -0.39 is 0 Å². The van der Waals surface area contributed by atoms with Crippen LogP contribution in [0.5, 0.6) is 5.75 Å². The van der Waals surface area contributed by atoms with Crippen molar-refractivity contribution in [2.24, 2.45) is 0 Å². The normalized spacial score (nSPS) is 15.2. The molecule has 0 aromatic heterocycles. The van der Waals surface area contributed by atoms with E-state index in [0.29, 0.717) is 6.61 Å². The summed E-state index contributed by atoms with van der Waals surface area (Å²) < 4.78 is 5.90. The lowest BCUT2D eigenvalue weighted by atomic mass is 10.1. The second-order valence-electron chi connectivity index (χ2n) is 6.63. The highest BCUT2D eigenvalue weighted by Crippen LogP contribution is 2.15. The van der Waals surface area contributed by atoms with Crippen LogP contribution in [-0.4, -0.2) is 44.2 Å². The summed E-state index contributed by atoms with van der Waals surface area (Å²) >= 11 is 0. The Bertz CT molecular complexity index is 636. The fourth-order valence-corrected chi connectivity index (χ4v) is 3.04. The molecule has 3 rings (SSSR count). The minimum atomic E-state index is 0.620. The van der Waals surface area contributed by atoms with E-state index in [2.05, 4.69) is 71.0 Å². The van der Waals surface area contributed by atoms with E-state index in [9.17, 15) is 0 Å². The number of nitrogens with one attached hydrogen (secondary N) is 2. The Morgan fingerprint density at radius 3 is 2.56 bits per heavy atom. The molecule has 1 aliphatic heterocycles. The highest BCUT2D eigenvalue weighted by atomic mass is 16.5. The van der Waals surface area contributed by atoms with Gasteiger partial charge in [-0.1, -0.05) is 36.4 Å². The topological polar surface area (TPSA) is 36.5 Å². The van der Waals surface area contributed by atoms with Crippen LogP contribution in [0.25, 0.3) is 0 Å². The molecule has 0 bridgehead atoms. The van der Waals surface area contributed by atoms with Crippen molar-refractivity contribution < 1.29 is 4.74 Å². The smallest absolute Gasteiger partial charge is 0.119 e. The molecule has 0 radical (unpaired) electrons. The van der Waals surface area contributed by atoms with Gasteiger partial charge in [-0.05, 0) is 35.7 Å². The first-order valence-corrected chi connectivity index (χ1v) is 9.21. The lowest BCUT2D eigenvalue weighted by Crippen LogP contribution is -2.45. The van der Waals surface area contributed by atoms with E-state index in [0.717, 1.165) is 51.6 Å². The molecule has 2 N–H and O–H groups in total. The maximum Gasteiger partial charge on any atom is 0.119 e. The van der Waals surface area contributed by atoms with Crippen molar-refractivity contribution in [3.63, 3.8) is 0 Å².